The number of rotatable bonds is 2. The van der Waals surface area contributed by atoms with Gasteiger partial charge >= 0.3 is 0 Å². The SMILES string of the molecule is CC(C)(N)C(=O)N1CCC2NNC(c3cccc4ccccc34)C2C1. The molecule has 0 saturated carbocycles. The summed E-state index contributed by atoms with van der Waals surface area (Å²) in [5.41, 5.74) is 13.5. The number of amides is 1. The highest BCUT2D eigenvalue weighted by Crippen LogP contribution is 2.37. The van der Waals surface area contributed by atoms with Crippen molar-refractivity contribution in [1.82, 2.24) is 15.8 Å². The van der Waals surface area contributed by atoms with Gasteiger partial charge < -0.3 is 10.6 Å². The fourth-order valence-electron chi connectivity index (χ4n) is 4.22. The molecule has 1 amide bonds. The minimum absolute atomic E-state index is 0.0366. The van der Waals surface area contributed by atoms with Gasteiger partial charge in [-0.05, 0) is 36.6 Å². The van der Waals surface area contributed by atoms with E-state index in [0.29, 0.717) is 12.0 Å². The maximum absolute atomic E-state index is 12.6. The lowest BCUT2D eigenvalue weighted by Gasteiger charge is -2.39. The van der Waals surface area contributed by atoms with E-state index < -0.39 is 5.54 Å². The molecule has 5 nitrogen and oxygen atoms in total. The Hall–Kier alpha value is -1.95. The number of hydrazine groups is 1. The van der Waals surface area contributed by atoms with Crippen molar-refractivity contribution in [1.29, 1.82) is 0 Å². The van der Waals surface area contributed by atoms with E-state index in [9.17, 15) is 4.79 Å². The first kappa shape index (κ1) is 16.5. The molecule has 132 valence electrons. The van der Waals surface area contributed by atoms with E-state index >= 15 is 0 Å². The van der Waals surface area contributed by atoms with Crippen LogP contribution < -0.4 is 16.6 Å². The second-order valence-electron chi connectivity index (χ2n) is 7.87. The van der Waals surface area contributed by atoms with Gasteiger partial charge in [0.05, 0.1) is 11.6 Å². The van der Waals surface area contributed by atoms with Crippen LogP contribution in [-0.2, 0) is 4.79 Å². The molecule has 2 heterocycles. The van der Waals surface area contributed by atoms with Gasteiger partial charge in [-0.1, -0.05) is 42.5 Å². The smallest absolute Gasteiger partial charge is 0.242 e. The molecule has 2 aliphatic rings. The maximum Gasteiger partial charge on any atom is 0.242 e. The van der Waals surface area contributed by atoms with Gasteiger partial charge in [0.2, 0.25) is 5.91 Å². The largest absolute Gasteiger partial charge is 0.341 e. The van der Waals surface area contributed by atoms with Gasteiger partial charge in [-0.25, -0.2) is 5.43 Å². The van der Waals surface area contributed by atoms with Gasteiger partial charge in [0.15, 0.2) is 0 Å². The van der Waals surface area contributed by atoms with Crippen molar-refractivity contribution in [2.24, 2.45) is 11.7 Å². The Kier molecular flexibility index (Phi) is 4.02. The molecule has 0 aliphatic carbocycles. The number of likely N-dealkylation sites (tertiary alicyclic amines) is 1. The molecule has 2 saturated heterocycles. The summed E-state index contributed by atoms with van der Waals surface area (Å²) in [5, 5.41) is 2.52. The summed E-state index contributed by atoms with van der Waals surface area (Å²) in [6.45, 7) is 5.07. The lowest BCUT2D eigenvalue weighted by atomic mass is 9.83. The number of nitrogens with zero attached hydrogens (tertiary/aromatic N) is 1. The zero-order valence-corrected chi connectivity index (χ0v) is 14.8. The first-order valence-electron chi connectivity index (χ1n) is 9.02. The number of carbonyl (C=O) groups excluding carboxylic acids is 1. The van der Waals surface area contributed by atoms with E-state index in [1.54, 1.807) is 13.8 Å². The van der Waals surface area contributed by atoms with E-state index in [0.717, 1.165) is 19.5 Å². The topological polar surface area (TPSA) is 70.4 Å². The van der Waals surface area contributed by atoms with Gasteiger partial charge in [0, 0.05) is 25.0 Å². The standard InChI is InChI=1S/C20H26N4O/c1-20(2,21)19(25)24-11-10-17-16(12-24)18(23-22-17)15-9-5-7-13-6-3-4-8-14(13)15/h3-9,16-18,22-23H,10-12,21H2,1-2H3. The van der Waals surface area contributed by atoms with Crippen molar-refractivity contribution in [3.8, 4) is 0 Å². The number of benzene rings is 2. The summed E-state index contributed by atoms with van der Waals surface area (Å²) in [4.78, 5) is 14.6. The molecular weight excluding hydrogens is 312 g/mol. The lowest BCUT2D eigenvalue weighted by Crippen LogP contribution is -2.56. The maximum atomic E-state index is 12.6. The highest BCUT2D eigenvalue weighted by molar-refractivity contribution is 5.86. The Morgan fingerprint density at radius 2 is 1.92 bits per heavy atom. The average molecular weight is 338 g/mol. The number of piperidine rings is 1. The molecule has 5 heteroatoms. The van der Waals surface area contributed by atoms with Gasteiger partial charge in [0.1, 0.15) is 0 Å². The zero-order valence-electron chi connectivity index (χ0n) is 14.8. The molecule has 0 radical (unpaired) electrons. The van der Waals surface area contributed by atoms with E-state index in [4.69, 9.17) is 5.73 Å². The highest BCUT2D eigenvalue weighted by atomic mass is 16.2. The normalized spacial score (nSPS) is 26.7. The van der Waals surface area contributed by atoms with Crippen LogP contribution in [0.4, 0.5) is 0 Å². The highest BCUT2D eigenvalue weighted by Gasteiger charge is 2.43. The molecule has 25 heavy (non-hydrogen) atoms. The number of hydrogen-bond acceptors (Lipinski definition) is 4. The van der Waals surface area contributed by atoms with E-state index in [2.05, 4.69) is 53.3 Å². The zero-order chi connectivity index (χ0) is 17.6. The van der Waals surface area contributed by atoms with Gasteiger partial charge in [0.25, 0.3) is 0 Å². The van der Waals surface area contributed by atoms with Gasteiger partial charge in [-0.2, -0.15) is 0 Å². The van der Waals surface area contributed by atoms with Gasteiger partial charge in [-0.15, -0.1) is 0 Å². The molecule has 2 aromatic rings. The minimum Gasteiger partial charge on any atom is -0.341 e. The molecule has 4 N–H and O–H groups in total. The predicted octanol–water partition coefficient (Wildman–Crippen LogP) is 1.94. The minimum atomic E-state index is -0.818. The van der Waals surface area contributed by atoms with Crippen LogP contribution in [0.1, 0.15) is 31.9 Å². The fourth-order valence-corrected chi connectivity index (χ4v) is 4.22. The second kappa shape index (κ2) is 6.09. The number of nitrogens with two attached hydrogens (primary N) is 1. The van der Waals surface area contributed by atoms with Crippen molar-refractivity contribution < 1.29 is 4.79 Å². The van der Waals surface area contributed by atoms with Gasteiger partial charge in [-0.3, -0.25) is 10.2 Å². The Labute approximate surface area is 148 Å². The first-order valence-corrected chi connectivity index (χ1v) is 9.02. The lowest BCUT2D eigenvalue weighted by molar-refractivity contribution is -0.137. The predicted molar refractivity (Wildman–Crippen MR) is 99.7 cm³/mol. The third-order valence-electron chi connectivity index (χ3n) is 5.51. The Bertz CT molecular complexity index is 792. The number of fused-ring (bicyclic) bond motifs is 2. The fraction of sp³-hybridized carbons (Fsp3) is 0.450. The molecule has 2 aromatic carbocycles. The van der Waals surface area contributed by atoms with E-state index in [-0.39, 0.29) is 11.9 Å². The molecule has 0 aromatic heterocycles. The third kappa shape index (κ3) is 2.92. The molecule has 3 unspecified atom stereocenters. The van der Waals surface area contributed by atoms with Crippen LogP contribution in [-0.4, -0.2) is 35.5 Å². The summed E-state index contributed by atoms with van der Waals surface area (Å²) in [6.07, 6.45) is 0.945. The molecule has 3 atom stereocenters. The van der Waals surface area contributed by atoms with Crippen LogP contribution in [0.15, 0.2) is 42.5 Å². The van der Waals surface area contributed by atoms with Crippen LogP contribution in [0.5, 0.6) is 0 Å². The molecular formula is C20H26N4O. The average Bonchev–Trinajstić information content (AvgIpc) is 3.02. The number of nitrogens with one attached hydrogen (secondary N) is 2. The van der Waals surface area contributed by atoms with Crippen molar-refractivity contribution in [3.63, 3.8) is 0 Å². The van der Waals surface area contributed by atoms with Crippen molar-refractivity contribution in [2.75, 3.05) is 13.1 Å². The van der Waals surface area contributed by atoms with Crippen LogP contribution >= 0.6 is 0 Å². The van der Waals surface area contributed by atoms with E-state index in [1.165, 1.54) is 16.3 Å². The Morgan fingerprint density at radius 3 is 2.72 bits per heavy atom. The quantitative estimate of drug-likeness (QED) is 0.783. The van der Waals surface area contributed by atoms with Crippen LogP contribution in [0.3, 0.4) is 0 Å². The summed E-state index contributed by atoms with van der Waals surface area (Å²) in [7, 11) is 0. The summed E-state index contributed by atoms with van der Waals surface area (Å²) < 4.78 is 0. The van der Waals surface area contributed by atoms with Crippen LogP contribution in [0, 0.1) is 5.92 Å². The van der Waals surface area contributed by atoms with Crippen molar-refractivity contribution in [2.45, 2.75) is 37.9 Å². The molecule has 2 fully saturated rings. The number of carbonyl (C=O) groups is 1. The summed E-state index contributed by atoms with van der Waals surface area (Å²) in [5.74, 6) is 0.375. The van der Waals surface area contributed by atoms with Crippen LogP contribution in [0.2, 0.25) is 0 Å². The monoisotopic (exact) mass is 338 g/mol. The molecule has 2 aliphatic heterocycles. The molecule has 0 spiro atoms. The number of hydrogen-bond donors (Lipinski definition) is 3. The first-order chi connectivity index (χ1) is 11.9. The summed E-state index contributed by atoms with van der Waals surface area (Å²) >= 11 is 0. The second-order valence-corrected chi connectivity index (χ2v) is 7.87. The summed E-state index contributed by atoms with van der Waals surface area (Å²) in [6, 6.07) is 15.5. The molecule has 0 bridgehead atoms. The van der Waals surface area contributed by atoms with Crippen molar-refractivity contribution in [3.05, 3.63) is 48.0 Å². The Morgan fingerprint density at radius 1 is 1.16 bits per heavy atom. The Balaban J connectivity index is 1.64. The van der Waals surface area contributed by atoms with Crippen molar-refractivity contribution >= 4 is 16.7 Å². The molecule has 4 rings (SSSR count). The van der Waals surface area contributed by atoms with Crippen LogP contribution in [0.25, 0.3) is 10.8 Å². The third-order valence-corrected chi connectivity index (χ3v) is 5.51. The van der Waals surface area contributed by atoms with E-state index in [1.807, 2.05) is 4.90 Å².